The molecule has 0 N–H and O–H groups in total. The minimum Gasteiger partial charge on any atom is -0.335 e. The molecule has 0 bridgehead atoms. The number of alkyl halides is 1. The molecule has 2 nitrogen and oxygen atoms in total. The van der Waals surface area contributed by atoms with Gasteiger partial charge in [0.25, 0.3) is 0 Å². The predicted octanol–water partition coefficient (Wildman–Crippen LogP) is 2.11. The van der Waals surface area contributed by atoms with E-state index in [2.05, 4.69) is 4.90 Å². The first-order chi connectivity index (χ1) is 6.70. The van der Waals surface area contributed by atoms with Crippen molar-refractivity contribution in [1.82, 2.24) is 4.90 Å². The fourth-order valence-corrected chi connectivity index (χ4v) is 3.28. The van der Waals surface area contributed by atoms with Gasteiger partial charge in [-0.15, -0.1) is 11.6 Å². The van der Waals surface area contributed by atoms with Gasteiger partial charge in [-0.3, -0.25) is 4.79 Å². The average molecular weight is 234 g/mol. The van der Waals surface area contributed by atoms with Gasteiger partial charge in [0, 0.05) is 17.8 Å². The number of nitrogens with zero attached hydrogens (tertiary/aromatic N) is 1. The van der Waals surface area contributed by atoms with Crippen molar-refractivity contribution in [2.24, 2.45) is 0 Å². The Morgan fingerprint density at radius 2 is 2.14 bits per heavy atom. The fraction of sp³-hybridized carbons (Fsp3) is 0.900. The van der Waals surface area contributed by atoms with Crippen LogP contribution in [-0.2, 0) is 4.79 Å². The van der Waals surface area contributed by atoms with Crippen molar-refractivity contribution in [3.63, 3.8) is 0 Å². The van der Waals surface area contributed by atoms with Crippen molar-refractivity contribution < 1.29 is 4.79 Å². The highest BCUT2D eigenvalue weighted by molar-refractivity contribution is 7.99. The van der Waals surface area contributed by atoms with Gasteiger partial charge in [0.15, 0.2) is 0 Å². The van der Waals surface area contributed by atoms with Crippen LogP contribution in [0.1, 0.15) is 26.2 Å². The molecule has 2 unspecified atom stereocenters. The smallest absolute Gasteiger partial charge is 0.240 e. The molecular formula is C10H16ClNOS. The molecule has 0 aromatic carbocycles. The molecule has 0 aromatic rings. The van der Waals surface area contributed by atoms with E-state index in [9.17, 15) is 4.79 Å². The molecule has 4 heteroatoms. The molecule has 2 atom stereocenters. The minimum atomic E-state index is -0.360. The number of carbonyl (C=O) groups excluding carboxylic acids is 1. The summed E-state index contributed by atoms with van der Waals surface area (Å²) in [6.45, 7) is 1.78. The molecule has 1 aliphatic heterocycles. The second-order valence-corrected chi connectivity index (χ2v) is 5.91. The highest BCUT2D eigenvalue weighted by Gasteiger charge is 2.39. The largest absolute Gasteiger partial charge is 0.335 e. The molecular weight excluding hydrogens is 218 g/mol. The summed E-state index contributed by atoms with van der Waals surface area (Å²) in [6.07, 6.45) is 3.50. The number of rotatable bonds is 3. The topological polar surface area (TPSA) is 20.3 Å². The van der Waals surface area contributed by atoms with Crippen LogP contribution in [0.2, 0.25) is 0 Å². The van der Waals surface area contributed by atoms with Crippen LogP contribution in [0.25, 0.3) is 0 Å². The Hall–Kier alpha value is 0.110. The Morgan fingerprint density at radius 1 is 1.43 bits per heavy atom. The molecule has 2 fully saturated rings. The summed E-state index contributed by atoms with van der Waals surface area (Å²) in [4.78, 5) is 14.0. The summed E-state index contributed by atoms with van der Waals surface area (Å²) in [5, 5.41) is -0.360. The Labute approximate surface area is 94.4 Å². The van der Waals surface area contributed by atoms with Crippen molar-refractivity contribution in [3.05, 3.63) is 0 Å². The average Bonchev–Trinajstić information content (AvgIpc) is 2.81. The lowest BCUT2D eigenvalue weighted by atomic mass is 10.2. The quantitative estimate of drug-likeness (QED) is 0.696. The van der Waals surface area contributed by atoms with E-state index in [0.717, 1.165) is 12.2 Å². The van der Waals surface area contributed by atoms with Gasteiger partial charge in [0.2, 0.25) is 5.91 Å². The molecule has 1 saturated heterocycles. The van der Waals surface area contributed by atoms with Crippen LogP contribution >= 0.6 is 23.4 Å². The predicted molar refractivity (Wildman–Crippen MR) is 60.9 cm³/mol. The van der Waals surface area contributed by atoms with E-state index in [-0.39, 0.29) is 11.3 Å². The van der Waals surface area contributed by atoms with E-state index in [1.807, 2.05) is 11.8 Å². The zero-order valence-corrected chi connectivity index (χ0v) is 9.98. The zero-order chi connectivity index (χ0) is 10.1. The number of halogens is 1. The first-order valence-corrected chi connectivity index (χ1v) is 6.83. The van der Waals surface area contributed by atoms with E-state index < -0.39 is 0 Å². The summed E-state index contributed by atoms with van der Waals surface area (Å²) in [5.41, 5.74) is 0. The SMILES string of the molecule is CC(Cl)C(=O)N(C1CC1)C1CCSC1. The van der Waals surface area contributed by atoms with E-state index in [4.69, 9.17) is 11.6 Å². The van der Waals surface area contributed by atoms with E-state index in [1.54, 1.807) is 6.92 Å². The second-order valence-electron chi connectivity index (χ2n) is 4.11. The normalized spacial score (nSPS) is 28.9. The van der Waals surface area contributed by atoms with Gasteiger partial charge in [-0.05, 0) is 31.9 Å². The number of carbonyl (C=O) groups is 1. The third-order valence-corrected chi connectivity index (χ3v) is 4.17. The van der Waals surface area contributed by atoms with Crippen LogP contribution in [0.3, 0.4) is 0 Å². The molecule has 0 spiro atoms. The molecule has 1 aliphatic carbocycles. The maximum absolute atomic E-state index is 11.9. The van der Waals surface area contributed by atoms with Crippen molar-refractivity contribution in [3.8, 4) is 0 Å². The van der Waals surface area contributed by atoms with Crippen LogP contribution in [0, 0.1) is 0 Å². The van der Waals surface area contributed by atoms with Crippen molar-refractivity contribution in [2.75, 3.05) is 11.5 Å². The number of hydrogen-bond donors (Lipinski definition) is 0. The van der Waals surface area contributed by atoms with E-state index in [1.165, 1.54) is 18.6 Å². The van der Waals surface area contributed by atoms with Crippen LogP contribution in [0.5, 0.6) is 0 Å². The summed E-state index contributed by atoms with van der Waals surface area (Å²) >= 11 is 7.82. The number of thioether (sulfide) groups is 1. The van der Waals surface area contributed by atoms with Gasteiger partial charge in [-0.2, -0.15) is 11.8 Å². The van der Waals surface area contributed by atoms with E-state index in [0.29, 0.717) is 12.1 Å². The third kappa shape index (κ3) is 2.19. The molecule has 1 heterocycles. The zero-order valence-electron chi connectivity index (χ0n) is 8.41. The van der Waals surface area contributed by atoms with E-state index >= 15 is 0 Å². The summed E-state index contributed by atoms with van der Waals surface area (Å²) in [7, 11) is 0. The Bertz CT molecular complexity index is 224. The highest BCUT2D eigenvalue weighted by atomic mass is 35.5. The molecule has 80 valence electrons. The van der Waals surface area contributed by atoms with Crippen molar-refractivity contribution >= 4 is 29.3 Å². The number of hydrogen-bond acceptors (Lipinski definition) is 2. The van der Waals surface area contributed by atoms with Crippen LogP contribution in [-0.4, -0.2) is 39.8 Å². The maximum atomic E-state index is 11.9. The molecule has 2 rings (SSSR count). The Morgan fingerprint density at radius 3 is 2.57 bits per heavy atom. The van der Waals surface area contributed by atoms with Crippen molar-refractivity contribution in [2.45, 2.75) is 43.6 Å². The maximum Gasteiger partial charge on any atom is 0.240 e. The second kappa shape index (κ2) is 4.31. The Kier molecular flexibility index (Phi) is 3.27. The Balaban J connectivity index is 2.02. The molecule has 0 radical (unpaired) electrons. The standard InChI is InChI=1S/C10H16ClNOS/c1-7(11)10(13)12(8-2-3-8)9-4-5-14-6-9/h7-9H,2-6H2,1H3. The highest BCUT2D eigenvalue weighted by Crippen LogP contribution is 2.34. The number of amides is 1. The monoisotopic (exact) mass is 233 g/mol. The molecule has 1 amide bonds. The van der Waals surface area contributed by atoms with Gasteiger partial charge in [0.1, 0.15) is 5.38 Å². The molecule has 14 heavy (non-hydrogen) atoms. The molecule has 1 saturated carbocycles. The minimum absolute atomic E-state index is 0.140. The lowest BCUT2D eigenvalue weighted by Gasteiger charge is -2.29. The van der Waals surface area contributed by atoms with Gasteiger partial charge in [-0.1, -0.05) is 0 Å². The first-order valence-electron chi connectivity index (χ1n) is 5.24. The van der Waals surface area contributed by atoms with Gasteiger partial charge in [0.05, 0.1) is 0 Å². The summed E-state index contributed by atoms with van der Waals surface area (Å²) < 4.78 is 0. The first kappa shape index (κ1) is 10.6. The summed E-state index contributed by atoms with van der Waals surface area (Å²) in [6, 6.07) is 0.966. The summed E-state index contributed by atoms with van der Waals surface area (Å²) in [5.74, 6) is 2.44. The lowest BCUT2D eigenvalue weighted by molar-refractivity contribution is -0.133. The van der Waals surface area contributed by atoms with Crippen LogP contribution < -0.4 is 0 Å². The van der Waals surface area contributed by atoms with Crippen LogP contribution in [0.4, 0.5) is 0 Å². The van der Waals surface area contributed by atoms with Gasteiger partial charge < -0.3 is 4.90 Å². The molecule has 0 aromatic heterocycles. The lowest BCUT2D eigenvalue weighted by Crippen LogP contribution is -2.45. The molecule has 2 aliphatic rings. The fourth-order valence-electron chi connectivity index (χ4n) is 1.96. The van der Waals surface area contributed by atoms with Gasteiger partial charge in [-0.25, -0.2) is 0 Å². The van der Waals surface area contributed by atoms with Crippen LogP contribution in [0.15, 0.2) is 0 Å². The van der Waals surface area contributed by atoms with Crippen molar-refractivity contribution in [1.29, 1.82) is 0 Å². The third-order valence-electron chi connectivity index (χ3n) is 2.83. The van der Waals surface area contributed by atoms with Gasteiger partial charge >= 0.3 is 0 Å².